The van der Waals surface area contributed by atoms with Crippen LogP contribution in [0.3, 0.4) is 0 Å². The van der Waals surface area contributed by atoms with Crippen molar-refractivity contribution in [3.05, 3.63) is 82.6 Å². The highest BCUT2D eigenvalue weighted by atomic mass is 35.5. The Morgan fingerprint density at radius 2 is 1.81 bits per heavy atom. The van der Waals surface area contributed by atoms with Crippen LogP contribution >= 0.6 is 11.6 Å². The molecule has 0 aliphatic rings. The third-order valence-electron chi connectivity index (χ3n) is 5.51. The third kappa shape index (κ3) is 8.45. The molecule has 0 amide bonds. The van der Waals surface area contributed by atoms with E-state index < -0.39 is 0 Å². The molecule has 0 aliphatic carbocycles. The summed E-state index contributed by atoms with van der Waals surface area (Å²) in [5.41, 5.74) is 2.28. The van der Waals surface area contributed by atoms with E-state index in [2.05, 4.69) is 6.92 Å². The molecule has 0 N–H and O–H groups in total. The molecule has 0 aromatic heterocycles. The fourth-order valence-corrected chi connectivity index (χ4v) is 3.83. The molecule has 0 unspecified atom stereocenters. The Morgan fingerprint density at radius 1 is 0.972 bits per heavy atom. The van der Waals surface area contributed by atoms with Crippen LogP contribution in [0, 0.1) is 5.82 Å². The average Bonchev–Trinajstić information content (AvgIpc) is 2.85. The van der Waals surface area contributed by atoms with Crippen molar-refractivity contribution in [1.29, 1.82) is 0 Å². The SMILES string of the molecule is CCOC(=O)CCc1ccc(OCC[C@H](C)Oc2ccc(Cl)cc2Oc2cccc(F)c2)cc1CC. The molecular weight excluding hydrogens is 483 g/mol. The van der Waals surface area contributed by atoms with E-state index in [4.69, 9.17) is 30.5 Å². The highest BCUT2D eigenvalue weighted by Gasteiger charge is 2.13. The molecule has 3 aromatic rings. The van der Waals surface area contributed by atoms with Crippen molar-refractivity contribution >= 4 is 17.6 Å². The number of aryl methyl sites for hydroxylation is 2. The maximum absolute atomic E-state index is 13.5. The average molecular weight is 515 g/mol. The highest BCUT2D eigenvalue weighted by molar-refractivity contribution is 6.30. The largest absolute Gasteiger partial charge is 0.493 e. The van der Waals surface area contributed by atoms with Crippen molar-refractivity contribution in [2.75, 3.05) is 13.2 Å². The summed E-state index contributed by atoms with van der Waals surface area (Å²) >= 11 is 6.13. The molecule has 0 spiro atoms. The molecule has 3 aromatic carbocycles. The van der Waals surface area contributed by atoms with Gasteiger partial charge in [-0.15, -0.1) is 0 Å². The monoisotopic (exact) mass is 514 g/mol. The molecule has 0 fully saturated rings. The van der Waals surface area contributed by atoms with Crippen LogP contribution in [-0.2, 0) is 22.4 Å². The Morgan fingerprint density at radius 3 is 2.56 bits per heavy atom. The van der Waals surface area contributed by atoms with Gasteiger partial charge in [0.15, 0.2) is 11.5 Å². The summed E-state index contributed by atoms with van der Waals surface area (Å²) in [5, 5.41) is 0.488. The number of carbonyl (C=O) groups excluding carboxylic acids is 1. The first-order valence-corrected chi connectivity index (χ1v) is 12.6. The van der Waals surface area contributed by atoms with E-state index in [-0.39, 0.29) is 17.9 Å². The molecule has 5 nitrogen and oxygen atoms in total. The predicted molar refractivity (Wildman–Crippen MR) is 139 cm³/mol. The third-order valence-corrected chi connectivity index (χ3v) is 5.75. The van der Waals surface area contributed by atoms with Gasteiger partial charge in [0.1, 0.15) is 17.3 Å². The van der Waals surface area contributed by atoms with Crippen molar-refractivity contribution in [3.63, 3.8) is 0 Å². The van der Waals surface area contributed by atoms with Gasteiger partial charge >= 0.3 is 5.97 Å². The number of hydrogen-bond acceptors (Lipinski definition) is 5. The highest BCUT2D eigenvalue weighted by Crippen LogP contribution is 2.35. The zero-order valence-electron chi connectivity index (χ0n) is 20.9. The topological polar surface area (TPSA) is 54.0 Å². The number of hydrogen-bond donors (Lipinski definition) is 0. The maximum Gasteiger partial charge on any atom is 0.306 e. The van der Waals surface area contributed by atoms with Crippen LogP contribution in [0.25, 0.3) is 0 Å². The summed E-state index contributed by atoms with van der Waals surface area (Å²) in [4.78, 5) is 11.7. The summed E-state index contributed by atoms with van der Waals surface area (Å²) < 4.78 is 36.4. The van der Waals surface area contributed by atoms with Crippen LogP contribution in [-0.4, -0.2) is 25.3 Å². The van der Waals surface area contributed by atoms with E-state index in [9.17, 15) is 9.18 Å². The van der Waals surface area contributed by atoms with Gasteiger partial charge in [-0.25, -0.2) is 4.39 Å². The maximum atomic E-state index is 13.5. The van der Waals surface area contributed by atoms with Crippen molar-refractivity contribution in [1.82, 2.24) is 0 Å². The van der Waals surface area contributed by atoms with Gasteiger partial charge in [0.05, 0.1) is 19.3 Å². The van der Waals surface area contributed by atoms with E-state index >= 15 is 0 Å². The molecular formula is C29H32ClFO5. The number of esters is 1. The van der Waals surface area contributed by atoms with E-state index in [1.165, 1.54) is 12.1 Å². The van der Waals surface area contributed by atoms with Crippen LogP contribution < -0.4 is 14.2 Å². The molecule has 7 heteroatoms. The summed E-state index contributed by atoms with van der Waals surface area (Å²) in [7, 11) is 0. The first kappa shape index (κ1) is 27.3. The molecule has 1 atom stereocenters. The molecule has 0 heterocycles. The second-order valence-corrected chi connectivity index (χ2v) is 8.74. The lowest BCUT2D eigenvalue weighted by Crippen LogP contribution is -2.16. The predicted octanol–water partition coefficient (Wildman–Crippen LogP) is 7.57. The van der Waals surface area contributed by atoms with Gasteiger partial charge in [0.2, 0.25) is 0 Å². The van der Waals surface area contributed by atoms with Gasteiger partial charge in [0, 0.05) is 30.0 Å². The number of ether oxygens (including phenoxy) is 4. The molecule has 0 aliphatic heterocycles. The summed E-state index contributed by atoms with van der Waals surface area (Å²) in [6, 6.07) is 16.9. The minimum absolute atomic E-state index is 0.171. The zero-order chi connectivity index (χ0) is 25.9. The summed E-state index contributed by atoms with van der Waals surface area (Å²) in [6.45, 7) is 6.69. The molecule has 0 saturated carbocycles. The first-order chi connectivity index (χ1) is 17.4. The van der Waals surface area contributed by atoms with Gasteiger partial charge in [-0.05, 0) is 74.2 Å². The van der Waals surface area contributed by atoms with Crippen LogP contribution in [0.2, 0.25) is 5.02 Å². The molecule has 3 rings (SSSR count). The van der Waals surface area contributed by atoms with Crippen molar-refractivity contribution in [2.24, 2.45) is 0 Å². The minimum Gasteiger partial charge on any atom is -0.493 e. The van der Waals surface area contributed by atoms with Crippen LogP contribution in [0.5, 0.6) is 23.0 Å². The number of rotatable bonds is 13. The summed E-state index contributed by atoms with van der Waals surface area (Å²) in [6.07, 6.45) is 2.32. The molecule has 36 heavy (non-hydrogen) atoms. The van der Waals surface area contributed by atoms with Gasteiger partial charge in [-0.1, -0.05) is 30.7 Å². The van der Waals surface area contributed by atoms with E-state index in [1.807, 2.05) is 32.0 Å². The van der Waals surface area contributed by atoms with Crippen LogP contribution in [0.4, 0.5) is 4.39 Å². The van der Waals surface area contributed by atoms with Crippen molar-refractivity contribution in [2.45, 2.75) is 52.6 Å². The number of carbonyl (C=O) groups is 1. The normalized spacial score (nSPS) is 11.6. The Balaban J connectivity index is 1.55. The van der Waals surface area contributed by atoms with Gasteiger partial charge in [-0.2, -0.15) is 0 Å². The Hall–Kier alpha value is -3.25. The zero-order valence-corrected chi connectivity index (χ0v) is 21.6. The number of halogens is 2. The minimum atomic E-state index is -0.388. The van der Waals surface area contributed by atoms with Crippen molar-refractivity contribution in [3.8, 4) is 23.0 Å². The van der Waals surface area contributed by atoms with Crippen molar-refractivity contribution < 1.29 is 28.1 Å². The quantitative estimate of drug-likeness (QED) is 0.220. The molecule has 192 valence electrons. The van der Waals surface area contributed by atoms with Gasteiger partial charge < -0.3 is 18.9 Å². The lowest BCUT2D eigenvalue weighted by atomic mass is 10.0. The van der Waals surface area contributed by atoms with Crippen LogP contribution in [0.15, 0.2) is 60.7 Å². The fraction of sp³-hybridized carbons (Fsp3) is 0.345. The van der Waals surface area contributed by atoms with Gasteiger partial charge in [0.25, 0.3) is 0 Å². The lowest BCUT2D eigenvalue weighted by molar-refractivity contribution is -0.143. The van der Waals surface area contributed by atoms with E-state index in [0.29, 0.717) is 54.7 Å². The second-order valence-electron chi connectivity index (χ2n) is 8.31. The Labute approximate surface area is 217 Å². The fourth-order valence-electron chi connectivity index (χ4n) is 3.67. The van der Waals surface area contributed by atoms with E-state index in [0.717, 1.165) is 23.3 Å². The molecule has 0 radical (unpaired) electrons. The Kier molecular flexibility index (Phi) is 10.4. The second kappa shape index (κ2) is 13.7. The number of benzene rings is 3. The van der Waals surface area contributed by atoms with Crippen LogP contribution in [0.1, 0.15) is 44.7 Å². The molecule has 0 bridgehead atoms. The summed E-state index contributed by atoms with van der Waals surface area (Å²) in [5.74, 6) is 1.48. The van der Waals surface area contributed by atoms with E-state index in [1.54, 1.807) is 30.3 Å². The molecule has 0 saturated heterocycles. The lowest BCUT2D eigenvalue weighted by Gasteiger charge is -2.18. The standard InChI is InChI=1S/C29H32ClFO5/c1-4-21-17-25(12-9-22(21)10-14-29(32)33-5-2)34-16-15-20(3)35-27-13-11-23(30)18-28(27)36-26-8-6-7-24(31)19-26/h6-9,11-13,17-20H,4-5,10,14-16H2,1-3H3/t20-/m0/s1. The smallest absolute Gasteiger partial charge is 0.306 e. The first-order valence-electron chi connectivity index (χ1n) is 12.2. The van der Waals surface area contributed by atoms with Gasteiger partial charge in [-0.3, -0.25) is 4.79 Å². The Bertz CT molecular complexity index is 1150.